The van der Waals surface area contributed by atoms with Gasteiger partial charge in [-0.1, -0.05) is 43.5 Å². The third-order valence-electron chi connectivity index (χ3n) is 6.18. The van der Waals surface area contributed by atoms with Gasteiger partial charge >= 0.3 is 0 Å². The van der Waals surface area contributed by atoms with E-state index in [1.54, 1.807) is 22.8 Å². The van der Waals surface area contributed by atoms with Crippen LogP contribution in [0.3, 0.4) is 0 Å². The molecule has 2 saturated heterocycles. The average molecular weight is 555 g/mol. The summed E-state index contributed by atoms with van der Waals surface area (Å²) in [5.74, 6) is 1.88. The fourth-order valence-corrected chi connectivity index (χ4v) is 13.6. The summed E-state index contributed by atoms with van der Waals surface area (Å²) in [4.78, 5) is 22.3. The molecule has 184 valence electrons. The first-order valence-electron chi connectivity index (χ1n) is 10.5. The van der Waals surface area contributed by atoms with Gasteiger partial charge in [0, 0.05) is 11.5 Å². The molecule has 4 rings (SSSR count). The number of aromatic nitrogens is 4. The second kappa shape index (κ2) is 9.19. The summed E-state index contributed by atoms with van der Waals surface area (Å²) in [5, 5.41) is 9.61. The SMILES string of the molecule is CC(C)(C)[Si](C)(C)OC1[C@@H](F)[C@H](n2cnc3c(=O)[nH]c(O)nc32)O[C@@H]1COP1(=S)SCCS1. The minimum atomic E-state index is -2.36. The highest BCUT2D eigenvalue weighted by atomic mass is 33.2. The molecule has 0 aromatic carbocycles. The van der Waals surface area contributed by atoms with E-state index in [4.69, 9.17) is 25.5 Å². The smallest absolute Gasteiger partial charge is 0.296 e. The van der Waals surface area contributed by atoms with Gasteiger partial charge in [-0.15, -0.1) is 0 Å². The lowest BCUT2D eigenvalue weighted by atomic mass is 10.1. The van der Waals surface area contributed by atoms with E-state index in [0.717, 1.165) is 11.5 Å². The van der Waals surface area contributed by atoms with Crippen molar-refractivity contribution in [3.63, 3.8) is 0 Å². The average Bonchev–Trinajstić information content (AvgIpc) is 3.39. The van der Waals surface area contributed by atoms with Gasteiger partial charge in [0.25, 0.3) is 11.6 Å². The Morgan fingerprint density at radius 3 is 2.73 bits per heavy atom. The van der Waals surface area contributed by atoms with Crippen molar-refractivity contribution in [2.45, 2.75) is 63.5 Å². The molecule has 0 spiro atoms. The Balaban J connectivity index is 1.66. The van der Waals surface area contributed by atoms with E-state index in [9.17, 15) is 9.90 Å². The Bertz CT molecular complexity index is 1130. The highest BCUT2D eigenvalue weighted by Crippen LogP contribution is 2.74. The van der Waals surface area contributed by atoms with Crippen molar-refractivity contribution in [1.82, 2.24) is 19.5 Å². The number of rotatable bonds is 6. The van der Waals surface area contributed by atoms with Crippen LogP contribution in [0.4, 0.5) is 4.39 Å². The van der Waals surface area contributed by atoms with E-state index in [1.165, 1.54) is 10.9 Å². The molecule has 33 heavy (non-hydrogen) atoms. The summed E-state index contributed by atoms with van der Waals surface area (Å²) in [5.41, 5.74) is -0.600. The van der Waals surface area contributed by atoms with Crippen LogP contribution in [0.25, 0.3) is 11.2 Å². The zero-order valence-corrected chi connectivity index (χ0v) is 23.3. The number of hydrogen-bond acceptors (Lipinski definition) is 10. The fraction of sp³-hybridized carbons (Fsp3) is 0.722. The standard InChI is InChI=1S/C18H28FN4O5PS3Si/c1-18(2,3)33(4,5)28-13-10(8-26-29(30)31-6-7-32-29)27-16(11(13)19)23-9-20-12-14(23)21-17(25)22-15(12)24/h9-11,13,16H,6-8H2,1-5H3,(H2,21,22,24,25)/t10-,11-,13?,16-/m1/s1. The predicted octanol–water partition coefficient (Wildman–Crippen LogP) is 4.17. The lowest BCUT2D eigenvalue weighted by molar-refractivity contribution is -0.0378. The molecule has 4 atom stereocenters. The fourth-order valence-electron chi connectivity index (χ4n) is 3.39. The van der Waals surface area contributed by atoms with Crippen LogP contribution in [0.5, 0.6) is 6.01 Å². The Labute approximate surface area is 205 Å². The van der Waals surface area contributed by atoms with Gasteiger partial charge in [-0.2, -0.15) is 4.98 Å². The molecule has 2 N–H and O–H groups in total. The van der Waals surface area contributed by atoms with E-state index in [1.807, 2.05) is 0 Å². The van der Waals surface area contributed by atoms with E-state index >= 15 is 4.39 Å². The molecule has 2 aliphatic heterocycles. The van der Waals surface area contributed by atoms with Gasteiger partial charge < -0.3 is 18.8 Å². The van der Waals surface area contributed by atoms with Gasteiger partial charge in [0.15, 0.2) is 36.5 Å². The summed E-state index contributed by atoms with van der Waals surface area (Å²) < 4.78 is 33.9. The second-order valence-corrected chi connectivity index (χ2v) is 25.0. The molecule has 0 aliphatic carbocycles. The largest absolute Gasteiger partial charge is 0.480 e. The number of imidazole rings is 1. The Kier molecular flexibility index (Phi) is 7.14. The number of ether oxygens (including phenoxy) is 1. The summed E-state index contributed by atoms with van der Waals surface area (Å²) >= 11 is 8.97. The van der Waals surface area contributed by atoms with Crippen molar-refractivity contribution in [1.29, 1.82) is 0 Å². The van der Waals surface area contributed by atoms with E-state index in [-0.39, 0.29) is 22.8 Å². The molecule has 4 heterocycles. The lowest BCUT2D eigenvalue weighted by Crippen LogP contribution is -2.49. The van der Waals surface area contributed by atoms with Crippen molar-refractivity contribution in [3.05, 3.63) is 16.7 Å². The topological polar surface area (TPSA) is 111 Å². The number of H-pyrrole nitrogens is 1. The van der Waals surface area contributed by atoms with Crippen LogP contribution in [0.2, 0.25) is 18.1 Å². The van der Waals surface area contributed by atoms with Crippen molar-refractivity contribution < 1.29 is 23.2 Å². The zero-order valence-electron chi connectivity index (χ0n) is 19.0. The number of aromatic amines is 1. The molecule has 2 fully saturated rings. The number of aromatic hydroxyl groups is 1. The second-order valence-electron chi connectivity index (χ2n) is 9.48. The van der Waals surface area contributed by atoms with Crippen molar-refractivity contribution in [3.8, 4) is 6.01 Å². The molecule has 9 nitrogen and oxygen atoms in total. The third kappa shape index (κ3) is 5.08. The first kappa shape index (κ1) is 25.6. The summed E-state index contributed by atoms with van der Waals surface area (Å²) in [6.07, 6.45) is -3.01. The van der Waals surface area contributed by atoms with Crippen LogP contribution in [-0.4, -0.2) is 69.4 Å². The molecule has 1 unspecified atom stereocenters. The van der Waals surface area contributed by atoms with E-state index < -0.39 is 49.2 Å². The van der Waals surface area contributed by atoms with E-state index in [2.05, 4.69) is 48.8 Å². The molecule has 2 aliphatic rings. The first-order valence-corrected chi connectivity index (χ1v) is 19.3. The van der Waals surface area contributed by atoms with Crippen LogP contribution in [0, 0.1) is 0 Å². The molecule has 0 radical (unpaired) electrons. The highest BCUT2D eigenvalue weighted by molar-refractivity contribution is 9.00. The highest BCUT2D eigenvalue weighted by Gasteiger charge is 2.52. The van der Waals surface area contributed by atoms with Gasteiger partial charge in [0.1, 0.15) is 12.2 Å². The molecule has 0 amide bonds. The van der Waals surface area contributed by atoms with Crippen LogP contribution in [0.1, 0.15) is 27.0 Å². The molecule has 15 heteroatoms. The maximum absolute atomic E-state index is 16.0. The van der Waals surface area contributed by atoms with Crippen molar-refractivity contribution in [2.24, 2.45) is 0 Å². The molecule has 2 aromatic heterocycles. The number of hydrogen-bond donors (Lipinski definition) is 2. The zero-order chi connectivity index (χ0) is 24.2. The summed E-state index contributed by atoms with van der Waals surface area (Å²) in [6.45, 7) is 10.5. The van der Waals surface area contributed by atoms with Gasteiger partial charge in [-0.05, 0) is 29.9 Å². The van der Waals surface area contributed by atoms with Gasteiger partial charge in [0.2, 0.25) is 0 Å². The monoisotopic (exact) mass is 554 g/mol. The number of fused-ring (bicyclic) bond motifs is 1. The number of nitrogens with zero attached hydrogens (tertiary/aromatic N) is 3. The van der Waals surface area contributed by atoms with Gasteiger partial charge in [0.05, 0.1) is 12.9 Å². The number of halogens is 1. The number of alkyl halides is 1. The molecule has 2 aromatic rings. The quantitative estimate of drug-likeness (QED) is 0.399. The van der Waals surface area contributed by atoms with Crippen LogP contribution >= 0.6 is 27.4 Å². The predicted molar refractivity (Wildman–Crippen MR) is 136 cm³/mol. The van der Waals surface area contributed by atoms with E-state index in [0.29, 0.717) is 0 Å². The summed E-state index contributed by atoms with van der Waals surface area (Å²) in [7, 11) is -2.36. The normalized spacial score (nSPS) is 28.1. The minimum absolute atomic E-state index is 0.0145. The van der Waals surface area contributed by atoms with Crippen LogP contribution in [-0.2, 0) is 25.5 Å². The van der Waals surface area contributed by atoms with Crippen LogP contribution in [0.15, 0.2) is 11.1 Å². The maximum atomic E-state index is 16.0. The number of nitrogens with one attached hydrogen (secondary N) is 1. The molecular weight excluding hydrogens is 526 g/mol. The van der Waals surface area contributed by atoms with Crippen molar-refractivity contribution >= 4 is 58.7 Å². The third-order valence-corrected chi connectivity index (χ3v) is 20.5. The molecule has 0 saturated carbocycles. The Hall–Kier alpha value is -0.473. The van der Waals surface area contributed by atoms with Gasteiger partial charge in [-0.3, -0.25) is 14.3 Å². The lowest BCUT2D eigenvalue weighted by Gasteiger charge is -2.39. The molecule has 0 bridgehead atoms. The van der Waals surface area contributed by atoms with Crippen LogP contribution < -0.4 is 5.56 Å². The Morgan fingerprint density at radius 2 is 2.09 bits per heavy atom. The molecular formula is C18H28FN4O5PS3Si. The summed E-state index contributed by atoms with van der Waals surface area (Å²) in [6, 6.07) is -0.579. The minimum Gasteiger partial charge on any atom is -0.480 e. The maximum Gasteiger partial charge on any atom is 0.296 e. The van der Waals surface area contributed by atoms with Crippen molar-refractivity contribution in [2.75, 3.05) is 18.1 Å². The Morgan fingerprint density at radius 1 is 1.42 bits per heavy atom. The first-order chi connectivity index (χ1) is 15.3. The van der Waals surface area contributed by atoms with Gasteiger partial charge in [-0.25, -0.2) is 9.37 Å².